The van der Waals surface area contributed by atoms with Crippen LogP contribution < -0.4 is 0 Å². The Balaban J connectivity index is 1.98. The van der Waals surface area contributed by atoms with Crippen LogP contribution in [0.1, 0.15) is 30.2 Å². The van der Waals surface area contributed by atoms with Crippen molar-refractivity contribution in [2.45, 2.75) is 26.3 Å². The van der Waals surface area contributed by atoms with Gasteiger partial charge in [-0.2, -0.15) is 0 Å². The molecule has 0 amide bonds. The Morgan fingerprint density at radius 1 is 1.38 bits per heavy atom. The second-order valence-electron chi connectivity index (χ2n) is 4.94. The van der Waals surface area contributed by atoms with E-state index in [4.69, 9.17) is 12.2 Å². The third-order valence-corrected chi connectivity index (χ3v) is 4.86. The molecule has 5 heteroatoms. The Morgan fingerprint density at radius 2 is 2.19 bits per heavy atom. The summed E-state index contributed by atoms with van der Waals surface area (Å²) < 4.78 is 2.53. The Morgan fingerprint density at radius 3 is 3.00 bits per heavy atom. The lowest BCUT2D eigenvalue weighted by Crippen LogP contribution is -1.96. The molecule has 3 nitrogen and oxygen atoms in total. The number of unbranched alkanes of at least 4 members (excludes halogenated alkanes) is 1. The topological polar surface area (TPSA) is 37.5 Å². The van der Waals surface area contributed by atoms with E-state index in [0.717, 1.165) is 45.0 Å². The molecule has 1 N–H and O–H groups in total. The van der Waals surface area contributed by atoms with Gasteiger partial charge in [-0.25, -0.2) is 0 Å². The van der Waals surface area contributed by atoms with Gasteiger partial charge in [-0.3, -0.25) is 9.56 Å². The Labute approximate surface area is 132 Å². The first-order chi connectivity index (χ1) is 10.2. The first-order valence-corrected chi connectivity index (χ1v) is 8.21. The van der Waals surface area contributed by atoms with Crippen molar-refractivity contribution < 1.29 is 5.11 Å². The standard InChI is InChI=1S/C16H16N2OS2/c1-2-3-8-18-15(19)14(21-16(18)20)9-11-10-17-13-7-5-4-6-12(11)13/h4-7,9-10,19H,2-3,8H2,1H3/b11-9+. The van der Waals surface area contributed by atoms with Gasteiger partial charge in [0.2, 0.25) is 5.88 Å². The van der Waals surface area contributed by atoms with E-state index >= 15 is 0 Å². The first kappa shape index (κ1) is 14.2. The average Bonchev–Trinajstić information content (AvgIpc) is 3.01. The summed E-state index contributed by atoms with van der Waals surface area (Å²) in [5.74, 6) is 0.267. The Kier molecular flexibility index (Phi) is 4.03. The van der Waals surface area contributed by atoms with Crippen molar-refractivity contribution in [1.29, 1.82) is 0 Å². The highest BCUT2D eigenvalue weighted by Gasteiger charge is 2.14. The van der Waals surface area contributed by atoms with Crippen LogP contribution in [0.4, 0.5) is 5.69 Å². The van der Waals surface area contributed by atoms with E-state index in [1.807, 2.05) is 41.1 Å². The van der Waals surface area contributed by atoms with E-state index in [1.54, 1.807) is 0 Å². The summed E-state index contributed by atoms with van der Waals surface area (Å²) in [7, 11) is 0. The van der Waals surface area contributed by atoms with Gasteiger partial charge in [0.15, 0.2) is 3.95 Å². The molecule has 1 aromatic carbocycles. The van der Waals surface area contributed by atoms with Gasteiger partial charge < -0.3 is 5.11 Å². The number of fused-ring (bicyclic) bond motifs is 1. The normalized spacial score (nSPS) is 14.8. The molecule has 0 radical (unpaired) electrons. The van der Waals surface area contributed by atoms with Crippen molar-refractivity contribution in [1.82, 2.24) is 4.57 Å². The summed E-state index contributed by atoms with van der Waals surface area (Å²) in [5.41, 5.74) is 3.08. The molecule has 0 atom stereocenters. The van der Waals surface area contributed by atoms with Crippen LogP contribution in [0.15, 0.2) is 29.3 Å². The SMILES string of the molecule is CCCCn1c(O)c(/C=C2\C=Nc3ccccc32)sc1=S. The van der Waals surface area contributed by atoms with Crippen LogP contribution in [0.3, 0.4) is 0 Å². The number of hydrogen-bond donors (Lipinski definition) is 1. The Hall–Kier alpha value is -1.72. The summed E-state index contributed by atoms with van der Waals surface area (Å²) >= 11 is 6.79. The van der Waals surface area contributed by atoms with Gasteiger partial charge in [0, 0.05) is 23.9 Å². The van der Waals surface area contributed by atoms with Gasteiger partial charge in [-0.15, -0.1) is 11.3 Å². The lowest BCUT2D eigenvalue weighted by atomic mass is 10.1. The fraction of sp³-hybridized carbons (Fsp3) is 0.250. The smallest absolute Gasteiger partial charge is 0.210 e. The van der Waals surface area contributed by atoms with Crippen molar-refractivity contribution in [2.75, 3.05) is 0 Å². The third kappa shape index (κ3) is 2.71. The zero-order valence-electron chi connectivity index (χ0n) is 11.7. The predicted octanol–water partition coefficient (Wildman–Crippen LogP) is 5.04. The van der Waals surface area contributed by atoms with Crippen LogP contribution >= 0.6 is 23.6 Å². The second-order valence-corrected chi connectivity index (χ2v) is 6.61. The summed E-state index contributed by atoms with van der Waals surface area (Å²) in [4.78, 5) is 5.18. The fourth-order valence-corrected chi connectivity index (χ4v) is 3.63. The van der Waals surface area contributed by atoms with Gasteiger partial charge in [0.1, 0.15) is 0 Å². The minimum atomic E-state index is 0.267. The van der Waals surface area contributed by atoms with Crippen molar-refractivity contribution in [3.05, 3.63) is 38.7 Å². The van der Waals surface area contributed by atoms with E-state index < -0.39 is 0 Å². The predicted molar refractivity (Wildman–Crippen MR) is 92.2 cm³/mol. The number of aliphatic imine (C=N–C) groups is 1. The molecule has 0 aliphatic carbocycles. The van der Waals surface area contributed by atoms with Gasteiger partial charge in [0.25, 0.3) is 0 Å². The molecule has 2 aromatic rings. The molecular formula is C16H16N2OS2. The molecule has 108 valence electrons. The van der Waals surface area contributed by atoms with Crippen molar-refractivity contribution >= 4 is 47.1 Å². The molecule has 2 heterocycles. The highest BCUT2D eigenvalue weighted by molar-refractivity contribution is 7.73. The lowest BCUT2D eigenvalue weighted by Gasteiger charge is -2.03. The fourth-order valence-electron chi connectivity index (χ4n) is 2.32. The number of allylic oxidation sites excluding steroid dienone is 1. The maximum absolute atomic E-state index is 10.4. The number of aromatic nitrogens is 1. The van der Waals surface area contributed by atoms with Crippen molar-refractivity contribution in [2.24, 2.45) is 4.99 Å². The lowest BCUT2D eigenvalue weighted by molar-refractivity contribution is 0.410. The van der Waals surface area contributed by atoms with Crippen molar-refractivity contribution in [3.8, 4) is 5.88 Å². The molecule has 3 rings (SSSR count). The zero-order chi connectivity index (χ0) is 14.8. The highest BCUT2D eigenvalue weighted by atomic mass is 32.1. The monoisotopic (exact) mass is 316 g/mol. The summed E-state index contributed by atoms with van der Waals surface area (Å²) in [6, 6.07) is 8.00. The highest BCUT2D eigenvalue weighted by Crippen LogP contribution is 2.35. The molecule has 1 aliphatic heterocycles. The maximum atomic E-state index is 10.4. The van der Waals surface area contributed by atoms with Crippen LogP contribution in [0.5, 0.6) is 5.88 Å². The van der Waals surface area contributed by atoms with E-state index in [2.05, 4.69) is 11.9 Å². The summed E-state index contributed by atoms with van der Waals surface area (Å²) in [6.07, 6.45) is 5.89. The van der Waals surface area contributed by atoms with E-state index in [9.17, 15) is 5.11 Å². The molecule has 0 spiro atoms. The molecule has 0 saturated heterocycles. The number of para-hydroxylation sites is 1. The van der Waals surface area contributed by atoms with Crippen LogP contribution in [0, 0.1) is 3.95 Å². The molecule has 0 bridgehead atoms. The van der Waals surface area contributed by atoms with Crippen LogP contribution in [-0.2, 0) is 6.54 Å². The van der Waals surface area contributed by atoms with Gasteiger partial charge in [0.05, 0.1) is 10.6 Å². The molecule has 0 saturated carbocycles. The third-order valence-electron chi connectivity index (χ3n) is 3.47. The first-order valence-electron chi connectivity index (χ1n) is 6.98. The molecule has 1 aliphatic rings. The van der Waals surface area contributed by atoms with Crippen LogP contribution in [-0.4, -0.2) is 15.9 Å². The van der Waals surface area contributed by atoms with Gasteiger partial charge >= 0.3 is 0 Å². The number of nitrogens with zero attached hydrogens (tertiary/aromatic N) is 2. The summed E-state index contributed by atoms with van der Waals surface area (Å²) in [6.45, 7) is 2.90. The molecule has 1 aromatic heterocycles. The van der Waals surface area contributed by atoms with Crippen molar-refractivity contribution in [3.63, 3.8) is 0 Å². The van der Waals surface area contributed by atoms with Gasteiger partial charge in [-0.1, -0.05) is 31.5 Å². The summed E-state index contributed by atoms with van der Waals surface area (Å²) in [5, 5.41) is 10.4. The Bertz CT molecular complexity index is 784. The van der Waals surface area contributed by atoms with E-state index in [-0.39, 0.29) is 5.88 Å². The van der Waals surface area contributed by atoms with E-state index in [0.29, 0.717) is 0 Å². The number of rotatable bonds is 4. The van der Waals surface area contributed by atoms with E-state index in [1.165, 1.54) is 11.3 Å². The largest absolute Gasteiger partial charge is 0.493 e. The quantitative estimate of drug-likeness (QED) is 0.802. The molecule has 0 fully saturated rings. The number of hydrogen-bond acceptors (Lipinski definition) is 4. The minimum Gasteiger partial charge on any atom is -0.493 e. The zero-order valence-corrected chi connectivity index (χ0v) is 13.4. The second kappa shape index (κ2) is 5.95. The molecular weight excluding hydrogens is 300 g/mol. The van der Waals surface area contributed by atoms with Crippen LogP contribution in [0.2, 0.25) is 0 Å². The maximum Gasteiger partial charge on any atom is 0.210 e. The molecule has 21 heavy (non-hydrogen) atoms. The van der Waals surface area contributed by atoms with Crippen LogP contribution in [0.25, 0.3) is 11.6 Å². The number of thiazole rings is 1. The number of benzene rings is 1. The molecule has 0 unspecified atom stereocenters. The number of aromatic hydroxyl groups is 1. The van der Waals surface area contributed by atoms with Gasteiger partial charge in [-0.05, 0) is 30.8 Å². The average molecular weight is 316 g/mol. The minimum absolute atomic E-state index is 0.267.